The number of anilines is 1. The van der Waals surface area contributed by atoms with Gasteiger partial charge in [-0.05, 0) is 36.9 Å². The van der Waals surface area contributed by atoms with Crippen LogP contribution in [0.2, 0.25) is 0 Å². The Morgan fingerprint density at radius 3 is 2.67 bits per heavy atom. The first-order valence-electron chi connectivity index (χ1n) is 7.41. The highest BCUT2D eigenvalue weighted by Crippen LogP contribution is 2.19. The summed E-state index contributed by atoms with van der Waals surface area (Å²) in [6, 6.07) is 8.63. The third-order valence-corrected chi connectivity index (χ3v) is 4.83. The van der Waals surface area contributed by atoms with Gasteiger partial charge in [-0.3, -0.25) is 14.2 Å². The number of nitrogens with zero attached hydrogens (tertiary/aromatic N) is 2. The van der Waals surface area contributed by atoms with Gasteiger partial charge in [0.25, 0.3) is 5.56 Å². The van der Waals surface area contributed by atoms with Gasteiger partial charge in [-0.1, -0.05) is 18.7 Å². The highest BCUT2D eigenvalue weighted by atomic mass is 32.2. The van der Waals surface area contributed by atoms with E-state index >= 15 is 0 Å². The summed E-state index contributed by atoms with van der Waals surface area (Å²) in [5, 5.41) is 12.6. The van der Waals surface area contributed by atoms with E-state index in [1.54, 1.807) is 11.8 Å². The maximum Gasteiger partial charge on any atom is 0.257 e. The average Bonchev–Trinajstić information content (AvgIpc) is 2.56. The third-order valence-electron chi connectivity index (χ3n) is 3.11. The molecule has 0 spiro atoms. The maximum absolute atomic E-state index is 12.1. The van der Waals surface area contributed by atoms with Gasteiger partial charge >= 0.3 is 0 Å². The van der Waals surface area contributed by atoms with Crippen molar-refractivity contribution in [2.45, 2.75) is 29.9 Å². The van der Waals surface area contributed by atoms with Crippen LogP contribution in [0.5, 0.6) is 5.88 Å². The molecule has 0 atom stereocenters. The molecule has 0 aliphatic carbocycles. The monoisotopic (exact) mass is 365 g/mol. The molecule has 0 saturated heterocycles. The normalized spacial score (nSPS) is 10.6. The molecule has 6 nitrogen and oxygen atoms in total. The second-order valence-corrected chi connectivity index (χ2v) is 6.77. The van der Waals surface area contributed by atoms with Gasteiger partial charge in [0.2, 0.25) is 11.8 Å². The Morgan fingerprint density at radius 2 is 2.04 bits per heavy atom. The van der Waals surface area contributed by atoms with Crippen LogP contribution in [0.1, 0.15) is 13.3 Å². The number of hydrogen-bond acceptors (Lipinski definition) is 6. The molecule has 1 heterocycles. The van der Waals surface area contributed by atoms with Crippen molar-refractivity contribution >= 4 is 35.1 Å². The minimum absolute atomic E-state index is 0.101. The molecule has 2 aromatic rings. The first-order chi connectivity index (χ1) is 11.5. The predicted molar refractivity (Wildman–Crippen MR) is 98.0 cm³/mol. The van der Waals surface area contributed by atoms with E-state index in [0.29, 0.717) is 17.4 Å². The zero-order chi connectivity index (χ0) is 17.5. The Morgan fingerprint density at radius 1 is 1.33 bits per heavy atom. The highest BCUT2D eigenvalue weighted by molar-refractivity contribution is 7.99. The minimum Gasteiger partial charge on any atom is -0.493 e. The Bertz CT molecular complexity index is 760. The lowest BCUT2D eigenvalue weighted by Crippen LogP contribution is -2.23. The standard InChI is InChI=1S/C16H19N3O3S2/c1-3-8-19-15(22)9-13(20)18-16(19)24-10-14(21)17-11-4-6-12(23-2)7-5-11/h4-7,9,20H,3,8,10H2,1-2H3,(H,17,21). The SMILES string of the molecule is CCCn1c(SCC(=O)Nc2ccc(SC)cc2)nc(O)cc1=O. The van der Waals surface area contributed by atoms with Gasteiger partial charge in [-0.25, -0.2) is 0 Å². The molecule has 0 aliphatic rings. The Kier molecular flexibility index (Phi) is 6.74. The Balaban J connectivity index is 2.01. The fourth-order valence-electron chi connectivity index (χ4n) is 2.01. The largest absolute Gasteiger partial charge is 0.493 e. The summed E-state index contributed by atoms with van der Waals surface area (Å²) >= 11 is 2.76. The third kappa shape index (κ3) is 5.04. The molecule has 128 valence electrons. The van der Waals surface area contributed by atoms with Crippen molar-refractivity contribution in [1.29, 1.82) is 0 Å². The molecule has 24 heavy (non-hydrogen) atoms. The summed E-state index contributed by atoms with van der Waals surface area (Å²) in [6.45, 7) is 2.44. The number of amides is 1. The summed E-state index contributed by atoms with van der Waals surface area (Å²) in [5.74, 6) is -0.426. The van der Waals surface area contributed by atoms with Crippen LogP contribution in [0.15, 0.2) is 45.2 Å². The summed E-state index contributed by atoms with van der Waals surface area (Å²) in [7, 11) is 0. The molecule has 1 amide bonds. The lowest BCUT2D eigenvalue weighted by Gasteiger charge is -2.10. The Hall–Kier alpha value is -1.93. The van der Waals surface area contributed by atoms with Crippen LogP contribution in [-0.4, -0.2) is 32.6 Å². The van der Waals surface area contributed by atoms with Crippen LogP contribution in [-0.2, 0) is 11.3 Å². The number of benzene rings is 1. The van der Waals surface area contributed by atoms with Gasteiger partial charge in [0, 0.05) is 17.1 Å². The molecule has 0 fully saturated rings. The van der Waals surface area contributed by atoms with Crippen molar-refractivity contribution in [3.05, 3.63) is 40.7 Å². The second kappa shape index (κ2) is 8.79. The number of aromatic hydroxyl groups is 1. The fourth-order valence-corrected chi connectivity index (χ4v) is 3.25. The van der Waals surface area contributed by atoms with Crippen LogP contribution in [0.25, 0.3) is 0 Å². The van der Waals surface area contributed by atoms with Crippen molar-refractivity contribution in [3.63, 3.8) is 0 Å². The van der Waals surface area contributed by atoms with E-state index in [0.717, 1.165) is 29.1 Å². The van der Waals surface area contributed by atoms with Crippen LogP contribution in [0.3, 0.4) is 0 Å². The molecule has 0 bridgehead atoms. The molecular formula is C16H19N3O3S2. The molecule has 1 aromatic carbocycles. The number of rotatable bonds is 7. The zero-order valence-corrected chi connectivity index (χ0v) is 15.1. The molecule has 0 aliphatic heterocycles. The highest BCUT2D eigenvalue weighted by Gasteiger charge is 2.11. The van der Waals surface area contributed by atoms with Gasteiger partial charge < -0.3 is 10.4 Å². The molecule has 2 N–H and O–H groups in total. The van der Waals surface area contributed by atoms with Gasteiger partial charge in [0.05, 0.1) is 11.8 Å². The van der Waals surface area contributed by atoms with Crippen molar-refractivity contribution < 1.29 is 9.90 Å². The van der Waals surface area contributed by atoms with E-state index < -0.39 is 0 Å². The van der Waals surface area contributed by atoms with Crippen LogP contribution in [0.4, 0.5) is 5.69 Å². The van der Waals surface area contributed by atoms with Crippen molar-refractivity contribution in [1.82, 2.24) is 9.55 Å². The van der Waals surface area contributed by atoms with E-state index in [4.69, 9.17) is 0 Å². The summed E-state index contributed by atoms with van der Waals surface area (Å²) in [4.78, 5) is 29.0. The van der Waals surface area contributed by atoms with Crippen molar-refractivity contribution in [3.8, 4) is 5.88 Å². The number of carbonyl (C=O) groups excluding carboxylic acids is 1. The van der Waals surface area contributed by atoms with Crippen molar-refractivity contribution in [2.24, 2.45) is 0 Å². The van der Waals surface area contributed by atoms with Crippen LogP contribution < -0.4 is 10.9 Å². The van der Waals surface area contributed by atoms with E-state index in [9.17, 15) is 14.7 Å². The smallest absolute Gasteiger partial charge is 0.257 e. The summed E-state index contributed by atoms with van der Waals surface area (Å²) in [6.07, 6.45) is 2.75. The minimum atomic E-state index is -0.331. The molecule has 0 radical (unpaired) electrons. The lowest BCUT2D eigenvalue weighted by atomic mass is 10.3. The zero-order valence-electron chi connectivity index (χ0n) is 13.5. The first kappa shape index (κ1) is 18.4. The number of thioether (sulfide) groups is 2. The summed E-state index contributed by atoms with van der Waals surface area (Å²) < 4.78 is 1.46. The van der Waals surface area contributed by atoms with Gasteiger partial charge in [-0.15, -0.1) is 11.8 Å². The fraction of sp³-hybridized carbons (Fsp3) is 0.312. The van der Waals surface area contributed by atoms with Gasteiger partial charge in [0.15, 0.2) is 5.16 Å². The van der Waals surface area contributed by atoms with Crippen molar-refractivity contribution in [2.75, 3.05) is 17.3 Å². The Labute approximate surface area is 148 Å². The number of aromatic nitrogens is 2. The molecular weight excluding hydrogens is 346 g/mol. The van der Waals surface area contributed by atoms with E-state index in [-0.39, 0.29) is 23.1 Å². The lowest BCUT2D eigenvalue weighted by molar-refractivity contribution is -0.113. The first-order valence-corrected chi connectivity index (χ1v) is 9.62. The molecule has 1 aromatic heterocycles. The molecule has 8 heteroatoms. The van der Waals surface area contributed by atoms with E-state index in [1.807, 2.05) is 37.4 Å². The van der Waals surface area contributed by atoms with Gasteiger partial charge in [0.1, 0.15) is 0 Å². The van der Waals surface area contributed by atoms with Crippen LogP contribution in [0, 0.1) is 0 Å². The molecule has 0 unspecified atom stereocenters. The number of hydrogen-bond donors (Lipinski definition) is 2. The number of nitrogens with one attached hydrogen (secondary N) is 1. The molecule has 0 saturated carbocycles. The van der Waals surface area contributed by atoms with Gasteiger partial charge in [-0.2, -0.15) is 4.98 Å². The second-order valence-electron chi connectivity index (χ2n) is 4.95. The molecule has 2 rings (SSSR count). The average molecular weight is 365 g/mol. The maximum atomic E-state index is 12.1. The number of carbonyl (C=O) groups is 1. The summed E-state index contributed by atoms with van der Waals surface area (Å²) in [5.41, 5.74) is 0.396. The van der Waals surface area contributed by atoms with E-state index in [1.165, 1.54) is 4.57 Å². The van der Waals surface area contributed by atoms with E-state index in [2.05, 4.69) is 10.3 Å². The van der Waals surface area contributed by atoms with Crippen LogP contribution >= 0.6 is 23.5 Å². The topological polar surface area (TPSA) is 84.2 Å². The quantitative estimate of drug-likeness (QED) is 0.580. The predicted octanol–water partition coefficient (Wildman–Crippen LogP) is 2.81.